The summed E-state index contributed by atoms with van der Waals surface area (Å²) >= 11 is 0. The average Bonchev–Trinajstić information content (AvgIpc) is 1.88. The van der Waals surface area contributed by atoms with Gasteiger partial charge in [-0.05, 0) is 24.7 Å². The van der Waals surface area contributed by atoms with E-state index in [1.54, 1.807) is 0 Å². The van der Waals surface area contributed by atoms with Crippen molar-refractivity contribution in [2.45, 2.75) is 33.1 Å². The molecule has 0 radical (unpaired) electrons. The van der Waals surface area contributed by atoms with Crippen molar-refractivity contribution in [2.75, 3.05) is 13.2 Å². The normalized spacial score (nSPS) is 34.2. The van der Waals surface area contributed by atoms with Gasteiger partial charge in [-0.15, -0.1) is 0 Å². The van der Waals surface area contributed by atoms with Gasteiger partial charge in [-0.1, -0.05) is 20.3 Å². The van der Waals surface area contributed by atoms with Crippen molar-refractivity contribution < 1.29 is 4.74 Å². The summed E-state index contributed by atoms with van der Waals surface area (Å²) in [6, 6.07) is 0. The highest BCUT2D eigenvalue weighted by Gasteiger charge is 2.17. The Labute approximate surface area is 63.8 Å². The van der Waals surface area contributed by atoms with E-state index in [1.807, 2.05) is 0 Å². The Morgan fingerprint density at radius 1 is 1.40 bits per heavy atom. The molecule has 0 spiro atoms. The first kappa shape index (κ1) is 8.06. The van der Waals surface area contributed by atoms with E-state index in [1.165, 1.54) is 19.3 Å². The molecule has 0 bridgehead atoms. The number of ether oxygens (including phenoxy) is 1. The van der Waals surface area contributed by atoms with Crippen LogP contribution in [-0.2, 0) is 4.74 Å². The molecule has 0 aliphatic carbocycles. The van der Waals surface area contributed by atoms with E-state index in [-0.39, 0.29) is 0 Å². The van der Waals surface area contributed by atoms with Crippen LogP contribution in [0.2, 0.25) is 0 Å². The molecule has 2 atom stereocenters. The van der Waals surface area contributed by atoms with Crippen molar-refractivity contribution >= 4 is 0 Å². The molecule has 1 aliphatic rings. The first-order valence-corrected chi connectivity index (χ1v) is 4.40. The van der Waals surface area contributed by atoms with Crippen LogP contribution in [0.3, 0.4) is 0 Å². The number of rotatable bonds is 2. The van der Waals surface area contributed by atoms with E-state index in [9.17, 15) is 0 Å². The molecule has 0 aromatic heterocycles. The largest absolute Gasteiger partial charge is 0.381 e. The van der Waals surface area contributed by atoms with Gasteiger partial charge in [0, 0.05) is 13.2 Å². The standard InChI is InChI=1S/C9H18O/c1-3-4-9-5-8(2)6-10-7-9/h8-9H,3-7H2,1-2H3. The molecule has 10 heavy (non-hydrogen) atoms. The molecule has 2 unspecified atom stereocenters. The molecule has 1 aliphatic heterocycles. The van der Waals surface area contributed by atoms with Crippen molar-refractivity contribution in [3.05, 3.63) is 0 Å². The zero-order valence-corrected chi connectivity index (χ0v) is 7.10. The lowest BCUT2D eigenvalue weighted by Crippen LogP contribution is -2.23. The fourth-order valence-electron chi connectivity index (χ4n) is 1.75. The van der Waals surface area contributed by atoms with Crippen molar-refractivity contribution in [3.8, 4) is 0 Å². The second-order valence-corrected chi connectivity index (χ2v) is 3.53. The highest BCUT2D eigenvalue weighted by atomic mass is 16.5. The third-order valence-corrected chi connectivity index (χ3v) is 2.19. The lowest BCUT2D eigenvalue weighted by molar-refractivity contribution is 0.0182. The van der Waals surface area contributed by atoms with Gasteiger partial charge in [0.1, 0.15) is 0 Å². The summed E-state index contributed by atoms with van der Waals surface area (Å²) in [6.45, 7) is 6.53. The molecule has 0 N–H and O–H groups in total. The average molecular weight is 142 g/mol. The summed E-state index contributed by atoms with van der Waals surface area (Å²) in [7, 11) is 0. The minimum absolute atomic E-state index is 0.797. The fraction of sp³-hybridized carbons (Fsp3) is 1.00. The number of hydrogen-bond acceptors (Lipinski definition) is 1. The Kier molecular flexibility index (Phi) is 3.20. The van der Waals surface area contributed by atoms with Crippen molar-refractivity contribution in [1.29, 1.82) is 0 Å². The third kappa shape index (κ3) is 2.30. The van der Waals surface area contributed by atoms with Crippen LogP contribution in [0, 0.1) is 11.8 Å². The Morgan fingerprint density at radius 3 is 2.80 bits per heavy atom. The molecule has 1 saturated heterocycles. The smallest absolute Gasteiger partial charge is 0.0494 e. The second kappa shape index (κ2) is 3.97. The van der Waals surface area contributed by atoms with Crippen molar-refractivity contribution in [2.24, 2.45) is 11.8 Å². The Hall–Kier alpha value is -0.0400. The van der Waals surface area contributed by atoms with Gasteiger partial charge in [0.05, 0.1) is 0 Å². The summed E-state index contributed by atoms with van der Waals surface area (Å²) in [4.78, 5) is 0. The topological polar surface area (TPSA) is 9.23 Å². The SMILES string of the molecule is CCCC1COCC(C)C1. The van der Waals surface area contributed by atoms with Crippen LogP contribution in [0.25, 0.3) is 0 Å². The van der Waals surface area contributed by atoms with E-state index < -0.39 is 0 Å². The number of hydrogen-bond donors (Lipinski definition) is 0. The lowest BCUT2D eigenvalue weighted by Gasteiger charge is -2.26. The second-order valence-electron chi connectivity index (χ2n) is 3.53. The van der Waals surface area contributed by atoms with Crippen LogP contribution in [0.4, 0.5) is 0 Å². The molecule has 1 nitrogen and oxygen atoms in total. The quantitative estimate of drug-likeness (QED) is 0.575. The Balaban J connectivity index is 2.18. The molecule has 0 aromatic carbocycles. The maximum Gasteiger partial charge on any atom is 0.0494 e. The van der Waals surface area contributed by atoms with E-state index in [2.05, 4.69) is 13.8 Å². The van der Waals surface area contributed by atoms with Gasteiger partial charge < -0.3 is 4.74 Å². The molecular formula is C9H18O. The summed E-state index contributed by atoms with van der Waals surface area (Å²) < 4.78 is 5.45. The van der Waals surface area contributed by atoms with Crippen LogP contribution in [0.1, 0.15) is 33.1 Å². The molecule has 1 fully saturated rings. The minimum Gasteiger partial charge on any atom is -0.381 e. The zero-order valence-electron chi connectivity index (χ0n) is 7.10. The van der Waals surface area contributed by atoms with E-state index in [0.29, 0.717) is 0 Å². The Bertz CT molecular complexity index is 88.7. The third-order valence-electron chi connectivity index (χ3n) is 2.19. The summed E-state index contributed by atoms with van der Waals surface area (Å²) in [5.74, 6) is 1.65. The predicted molar refractivity (Wildman–Crippen MR) is 43.0 cm³/mol. The first-order chi connectivity index (χ1) is 4.83. The molecule has 0 saturated carbocycles. The highest BCUT2D eigenvalue weighted by molar-refractivity contribution is 4.67. The predicted octanol–water partition coefficient (Wildman–Crippen LogP) is 2.46. The fourth-order valence-corrected chi connectivity index (χ4v) is 1.75. The maximum atomic E-state index is 5.45. The first-order valence-electron chi connectivity index (χ1n) is 4.40. The van der Waals surface area contributed by atoms with Crippen LogP contribution in [0.5, 0.6) is 0 Å². The zero-order chi connectivity index (χ0) is 7.40. The van der Waals surface area contributed by atoms with Gasteiger partial charge in [-0.2, -0.15) is 0 Å². The summed E-state index contributed by atoms with van der Waals surface area (Å²) in [5.41, 5.74) is 0. The van der Waals surface area contributed by atoms with Gasteiger partial charge in [-0.3, -0.25) is 0 Å². The van der Waals surface area contributed by atoms with Gasteiger partial charge in [0.2, 0.25) is 0 Å². The van der Waals surface area contributed by atoms with Gasteiger partial charge in [0.15, 0.2) is 0 Å². The van der Waals surface area contributed by atoms with Crippen molar-refractivity contribution in [1.82, 2.24) is 0 Å². The molecule has 0 aromatic rings. The van der Waals surface area contributed by atoms with Gasteiger partial charge in [0.25, 0.3) is 0 Å². The van der Waals surface area contributed by atoms with Crippen LogP contribution < -0.4 is 0 Å². The van der Waals surface area contributed by atoms with E-state index in [0.717, 1.165) is 25.0 Å². The molecule has 1 rings (SSSR count). The Morgan fingerprint density at radius 2 is 2.20 bits per heavy atom. The van der Waals surface area contributed by atoms with Crippen molar-refractivity contribution in [3.63, 3.8) is 0 Å². The highest BCUT2D eigenvalue weighted by Crippen LogP contribution is 2.22. The molecular weight excluding hydrogens is 124 g/mol. The van der Waals surface area contributed by atoms with Gasteiger partial charge >= 0.3 is 0 Å². The molecule has 0 amide bonds. The van der Waals surface area contributed by atoms with Crippen LogP contribution in [0.15, 0.2) is 0 Å². The van der Waals surface area contributed by atoms with E-state index in [4.69, 9.17) is 4.74 Å². The van der Waals surface area contributed by atoms with Crippen LogP contribution in [-0.4, -0.2) is 13.2 Å². The lowest BCUT2D eigenvalue weighted by atomic mass is 9.91. The molecule has 1 heterocycles. The molecule has 1 heteroatoms. The van der Waals surface area contributed by atoms with Gasteiger partial charge in [-0.25, -0.2) is 0 Å². The van der Waals surface area contributed by atoms with E-state index >= 15 is 0 Å². The minimum atomic E-state index is 0.797. The summed E-state index contributed by atoms with van der Waals surface area (Å²) in [6.07, 6.45) is 4.04. The monoisotopic (exact) mass is 142 g/mol. The van der Waals surface area contributed by atoms with Crippen LogP contribution >= 0.6 is 0 Å². The maximum absolute atomic E-state index is 5.45. The summed E-state index contributed by atoms with van der Waals surface area (Å²) in [5, 5.41) is 0. The molecule has 60 valence electrons.